The lowest BCUT2D eigenvalue weighted by molar-refractivity contribution is -0.133. The molecule has 2 aromatic rings. The Hall–Kier alpha value is -1.85. The summed E-state index contributed by atoms with van der Waals surface area (Å²) >= 11 is 6.17. The van der Waals surface area contributed by atoms with Crippen LogP contribution in [0.25, 0.3) is 11.1 Å². The van der Waals surface area contributed by atoms with Crippen molar-refractivity contribution in [3.8, 4) is 11.1 Å². The Balaban J connectivity index is 1.52. The summed E-state index contributed by atoms with van der Waals surface area (Å²) in [6, 6.07) is 7.89. The van der Waals surface area contributed by atoms with E-state index in [0.717, 1.165) is 49.3 Å². The second-order valence-corrected chi connectivity index (χ2v) is 8.08. The highest BCUT2D eigenvalue weighted by Gasteiger charge is 2.33. The van der Waals surface area contributed by atoms with E-state index in [1.54, 1.807) is 0 Å². The molecule has 2 aliphatic rings. The first-order valence-corrected chi connectivity index (χ1v) is 10.4. The van der Waals surface area contributed by atoms with Crippen LogP contribution in [0.3, 0.4) is 0 Å². The molecule has 0 bridgehead atoms. The van der Waals surface area contributed by atoms with Crippen molar-refractivity contribution in [1.29, 1.82) is 0 Å². The van der Waals surface area contributed by atoms with E-state index in [1.807, 2.05) is 35.4 Å². The first-order chi connectivity index (χ1) is 13.2. The van der Waals surface area contributed by atoms with Gasteiger partial charge in [0.2, 0.25) is 5.91 Å². The molecule has 1 aromatic heterocycles. The van der Waals surface area contributed by atoms with Crippen molar-refractivity contribution in [3.63, 3.8) is 0 Å². The molecule has 4 rings (SSSR count). The number of nitrogens with one attached hydrogen (secondary N) is 1. The van der Waals surface area contributed by atoms with Crippen molar-refractivity contribution < 1.29 is 4.79 Å². The molecule has 6 heteroatoms. The minimum absolute atomic E-state index is 0.0703. The van der Waals surface area contributed by atoms with E-state index in [9.17, 15) is 4.79 Å². The molecule has 1 N–H and O–H groups in total. The van der Waals surface area contributed by atoms with Crippen molar-refractivity contribution >= 4 is 17.5 Å². The molecule has 1 atom stereocenters. The first-order valence-electron chi connectivity index (χ1n) is 10.0. The van der Waals surface area contributed by atoms with Gasteiger partial charge in [0.1, 0.15) is 0 Å². The van der Waals surface area contributed by atoms with Crippen LogP contribution in [0.1, 0.15) is 50.3 Å². The fraction of sp³-hybridized carbons (Fsp3) is 0.524. The van der Waals surface area contributed by atoms with E-state index >= 15 is 0 Å². The fourth-order valence-corrected chi connectivity index (χ4v) is 4.57. The van der Waals surface area contributed by atoms with Gasteiger partial charge in [-0.15, -0.1) is 0 Å². The molecule has 0 unspecified atom stereocenters. The number of carbonyl (C=O) groups excluding carboxylic acids is 1. The maximum Gasteiger partial charge on any atom is 0.237 e. The number of likely N-dealkylation sites (tertiary alicyclic amines) is 2. The molecule has 144 valence electrons. The normalized spacial score (nSPS) is 21.4. The third-order valence-electron chi connectivity index (χ3n) is 5.77. The summed E-state index contributed by atoms with van der Waals surface area (Å²) in [5.41, 5.74) is 3.11. The maximum atomic E-state index is 13.1. The van der Waals surface area contributed by atoms with Gasteiger partial charge >= 0.3 is 0 Å². The maximum absolute atomic E-state index is 13.1. The summed E-state index contributed by atoms with van der Waals surface area (Å²) < 4.78 is 0. The Morgan fingerprint density at radius 2 is 1.96 bits per heavy atom. The van der Waals surface area contributed by atoms with Crippen molar-refractivity contribution in [2.24, 2.45) is 0 Å². The summed E-state index contributed by atoms with van der Waals surface area (Å²) in [6.45, 7) is 3.45. The summed E-state index contributed by atoms with van der Waals surface area (Å²) in [5.74, 6) is 0.242. The molecular formula is C21H27ClN4O. The average Bonchev–Trinajstić information content (AvgIpc) is 3.27. The third-order valence-corrected chi connectivity index (χ3v) is 6.00. The highest BCUT2D eigenvalue weighted by molar-refractivity contribution is 6.30. The van der Waals surface area contributed by atoms with Gasteiger partial charge in [-0.3, -0.25) is 14.8 Å². The zero-order chi connectivity index (χ0) is 18.6. The molecule has 0 saturated carbocycles. The number of rotatable bonds is 4. The van der Waals surface area contributed by atoms with Crippen LogP contribution in [0.15, 0.2) is 30.5 Å². The Bertz CT molecular complexity index is 782. The predicted octanol–water partition coefficient (Wildman–Crippen LogP) is 4.27. The first kappa shape index (κ1) is 18.5. The number of amides is 1. The minimum Gasteiger partial charge on any atom is -0.333 e. The molecule has 5 nitrogen and oxygen atoms in total. The lowest BCUT2D eigenvalue weighted by atomic mass is 10.0. The number of aromatic amines is 1. The van der Waals surface area contributed by atoms with Gasteiger partial charge in [0, 0.05) is 17.1 Å². The second kappa shape index (κ2) is 8.44. The van der Waals surface area contributed by atoms with Crippen LogP contribution in [0.4, 0.5) is 0 Å². The smallest absolute Gasteiger partial charge is 0.237 e. The van der Waals surface area contributed by atoms with Crippen molar-refractivity contribution in [3.05, 3.63) is 41.2 Å². The topological polar surface area (TPSA) is 52.2 Å². The number of benzene rings is 1. The third kappa shape index (κ3) is 4.19. The van der Waals surface area contributed by atoms with E-state index < -0.39 is 0 Å². The van der Waals surface area contributed by atoms with Crippen LogP contribution in [-0.4, -0.2) is 52.1 Å². The zero-order valence-electron chi connectivity index (χ0n) is 15.7. The van der Waals surface area contributed by atoms with Crippen LogP contribution >= 0.6 is 11.6 Å². The standard InChI is InChI=1S/C21H27ClN4O/c22-17-8-5-7-16(13-17)18-14-23-24-21(18)19-9-6-12-26(19)20(27)15-25-10-3-1-2-4-11-25/h5,7-8,13-14,19H,1-4,6,9-12,15H2,(H,23,24)/t19-/m0/s1. The highest BCUT2D eigenvalue weighted by Crippen LogP contribution is 2.37. The minimum atomic E-state index is 0.0703. The number of hydrogen-bond acceptors (Lipinski definition) is 3. The van der Waals surface area contributed by atoms with Gasteiger partial charge in [0.05, 0.1) is 24.5 Å². The van der Waals surface area contributed by atoms with Gasteiger partial charge in [0.25, 0.3) is 0 Å². The zero-order valence-corrected chi connectivity index (χ0v) is 16.4. The van der Waals surface area contributed by atoms with E-state index in [1.165, 1.54) is 25.7 Å². The predicted molar refractivity (Wildman–Crippen MR) is 108 cm³/mol. The molecule has 0 radical (unpaired) electrons. The molecule has 0 spiro atoms. The molecular weight excluding hydrogens is 360 g/mol. The van der Waals surface area contributed by atoms with E-state index in [-0.39, 0.29) is 11.9 Å². The SMILES string of the molecule is O=C(CN1CCCCCC1)N1CCC[C@H]1c1[nH]ncc1-c1cccc(Cl)c1. The van der Waals surface area contributed by atoms with Crippen LogP contribution < -0.4 is 0 Å². The molecule has 1 aromatic carbocycles. The molecule has 27 heavy (non-hydrogen) atoms. The van der Waals surface area contributed by atoms with Crippen molar-refractivity contribution in [2.45, 2.75) is 44.6 Å². The average molecular weight is 387 g/mol. The number of carbonyl (C=O) groups is 1. The molecule has 0 aliphatic carbocycles. The Morgan fingerprint density at radius 3 is 2.74 bits per heavy atom. The van der Waals surface area contributed by atoms with Gasteiger partial charge in [0.15, 0.2) is 0 Å². The monoisotopic (exact) mass is 386 g/mol. The van der Waals surface area contributed by atoms with Crippen LogP contribution in [0.2, 0.25) is 5.02 Å². The number of halogens is 1. The fourth-order valence-electron chi connectivity index (χ4n) is 4.38. The number of aromatic nitrogens is 2. The second-order valence-electron chi connectivity index (χ2n) is 7.64. The lowest BCUT2D eigenvalue weighted by Gasteiger charge is -2.28. The van der Waals surface area contributed by atoms with Gasteiger partial charge in [-0.1, -0.05) is 36.6 Å². The van der Waals surface area contributed by atoms with Crippen molar-refractivity contribution in [2.75, 3.05) is 26.2 Å². The lowest BCUT2D eigenvalue weighted by Crippen LogP contribution is -2.40. The molecule has 3 heterocycles. The van der Waals surface area contributed by atoms with Crippen LogP contribution in [0, 0.1) is 0 Å². The molecule has 2 saturated heterocycles. The van der Waals surface area contributed by atoms with Crippen LogP contribution in [-0.2, 0) is 4.79 Å². The number of hydrogen-bond donors (Lipinski definition) is 1. The van der Waals surface area contributed by atoms with Gasteiger partial charge in [-0.2, -0.15) is 5.10 Å². The molecule has 1 amide bonds. The number of nitrogens with zero attached hydrogens (tertiary/aromatic N) is 3. The molecule has 2 fully saturated rings. The van der Waals surface area contributed by atoms with E-state index in [4.69, 9.17) is 11.6 Å². The van der Waals surface area contributed by atoms with Crippen LogP contribution in [0.5, 0.6) is 0 Å². The van der Waals surface area contributed by atoms with Crippen molar-refractivity contribution in [1.82, 2.24) is 20.0 Å². The Kier molecular flexibility index (Phi) is 5.79. The van der Waals surface area contributed by atoms with Gasteiger partial charge < -0.3 is 4.90 Å². The summed E-state index contributed by atoms with van der Waals surface area (Å²) in [5, 5.41) is 8.15. The van der Waals surface area contributed by atoms with Gasteiger partial charge in [-0.25, -0.2) is 0 Å². The number of H-pyrrole nitrogens is 1. The Labute approximate surface area is 165 Å². The largest absolute Gasteiger partial charge is 0.333 e. The van der Waals surface area contributed by atoms with E-state index in [0.29, 0.717) is 11.6 Å². The van der Waals surface area contributed by atoms with Gasteiger partial charge in [-0.05, 0) is 56.5 Å². The molecule has 2 aliphatic heterocycles. The summed E-state index contributed by atoms with van der Waals surface area (Å²) in [6.07, 6.45) is 8.83. The highest BCUT2D eigenvalue weighted by atomic mass is 35.5. The summed E-state index contributed by atoms with van der Waals surface area (Å²) in [7, 11) is 0. The quantitative estimate of drug-likeness (QED) is 0.853. The van der Waals surface area contributed by atoms with E-state index in [2.05, 4.69) is 15.1 Å². The Morgan fingerprint density at radius 1 is 1.15 bits per heavy atom. The summed E-state index contributed by atoms with van der Waals surface area (Å²) in [4.78, 5) is 17.4.